The van der Waals surface area contributed by atoms with Crippen LogP contribution in [0.3, 0.4) is 0 Å². The number of likely N-dealkylation sites (tertiary alicyclic amines) is 1. The minimum Gasteiger partial charge on any atom is -0.335 e. The third-order valence-corrected chi connectivity index (χ3v) is 5.23. The van der Waals surface area contributed by atoms with Crippen molar-refractivity contribution >= 4 is 27.6 Å². The van der Waals surface area contributed by atoms with Gasteiger partial charge in [-0.05, 0) is 59.8 Å². The topological polar surface area (TPSA) is 37.4 Å². The molecule has 21 heavy (non-hydrogen) atoms. The second kappa shape index (κ2) is 5.87. The molecule has 5 heteroatoms. The smallest absolute Gasteiger partial charge is 0.255 e. The molecule has 1 aliphatic heterocycles. The Labute approximate surface area is 131 Å². The highest BCUT2D eigenvalue weighted by molar-refractivity contribution is 9.10. The van der Waals surface area contributed by atoms with Crippen molar-refractivity contribution in [2.45, 2.75) is 38.1 Å². The number of hydrogen-bond donors (Lipinski definition) is 0. The maximum absolute atomic E-state index is 13.4. The maximum atomic E-state index is 13.4. The molecular weight excluding hydrogens is 337 g/mol. The van der Waals surface area contributed by atoms with Crippen molar-refractivity contribution in [2.75, 3.05) is 6.54 Å². The maximum Gasteiger partial charge on any atom is 0.255 e. The van der Waals surface area contributed by atoms with Gasteiger partial charge in [-0.25, -0.2) is 4.39 Å². The van der Waals surface area contributed by atoms with Gasteiger partial charge in [0.2, 0.25) is 0 Å². The van der Waals surface area contributed by atoms with Gasteiger partial charge in [0, 0.05) is 29.4 Å². The molecule has 1 aromatic carbocycles. The molecule has 1 aromatic rings. The first-order chi connectivity index (χ1) is 10.1. The van der Waals surface area contributed by atoms with E-state index >= 15 is 0 Å². The van der Waals surface area contributed by atoms with Crippen LogP contribution in [-0.4, -0.2) is 29.2 Å². The van der Waals surface area contributed by atoms with Crippen LogP contribution >= 0.6 is 15.9 Å². The number of rotatable bonds is 2. The van der Waals surface area contributed by atoms with Crippen molar-refractivity contribution in [3.05, 3.63) is 34.1 Å². The summed E-state index contributed by atoms with van der Waals surface area (Å²) in [7, 11) is 0. The van der Waals surface area contributed by atoms with E-state index in [1.807, 2.05) is 0 Å². The molecule has 2 fully saturated rings. The SMILES string of the molecule is O=C1CCCC1C1CCCN1C(=O)c1cc(F)ccc1Br. The number of amides is 1. The molecule has 0 N–H and O–H groups in total. The van der Waals surface area contributed by atoms with Crippen LogP contribution in [0.25, 0.3) is 0 Å². The molecule has 2 unspecified atom stereocenters. The fraction of sp³-hybridized carbons (Fsp3) is 0.500. The summed E-state index contributed by atoms with van der Waals surface area (Å²) in [5.74, 6) is -0.348. The number of nitrogens with zero attached hydrogens (tertiary/aromatic N) is 1. The van der Waals surface area contributed by atoms with Crippen LogP contribution in [0.5, 0.6) is 0 Å². The second-order valence-electron chi connectivity index (χ2n) is 5.80. The van der Waals surface area contributed by atoms with Gasteiger partial charge in [-0.1, -0.05) is 0 Å². The van der Waals surface area contributed by atoms with Gasteiger partial charge in [-0.2, -0.15) is 0 Å². The molecule has 0 radical (unpaired) electrons. The first kappa shape index (κ1) is 14.7. The Balaban J connectivity index is 1.86. The molecular formula is C16H17BrFNO2. The Morgan fingerprint density at radius 1 is 1.29 bits per heavy atom. The highest BCUT2D eigenvalue weighted by Gasteiger charge is 2.40. The van der Waals surface area contributed by atoms with E-state index < -0.39 is 5.82 Å². The number of ketones is 1. The molecule has 3 nitrogen and oxygen atoms in total. The van der Waals surface area contributed by atoms with Crippen LogP contribution in [0.4, 0.5) is 4.39 Å². The number of halogens is 2. The number of carbonyl (C=O) groups is 2. The quantitative estimate of drug-likeness (QED) is 0.814. The van der Waals surface area contributed by atoms with Gasteiger partial charge in [0.25, 0.3) is 5.91 Å². The van der Waals surface area contributed by atoms with Crippen LogP contribution in [0.15, 0.2) is 22.7 Å². The minimum atomic E-state index is -0.422. The number of carbonyl (C=O) groups excluding carboxylic acids is 2. The summed E-state index contributed by atoms with van der Waals surface area (Å²) in [6.07, 6.45) is 4.21. The number of hydrogen-bond acceptors (Lipinski definition) is 2. The van der Waals surface area contributed by atoms with Crippen molar-refractivity contribution in [1.82, 2.24) is 4.90 Å². The normalized spacial score (nSPS) is 25.6. The molecule has 2 atom stereocenters. The lowest BCUT2D eigenvalue weighted by molar-refractivity contribution is -0.121. The zero-order valence-electron chi connectivity index (χ0n) is 11.6. The minimum absolute atomic E-state index is 0.0114. The number of benzene rings is 1. The molecule has 3 rings (SSSR count). The second-order valence-corrected chi connectivity index (χ2v) is 6.65. The van der Waals surface area contributed by atoms with E-state index in [1.165, 1.54) is 12.1 Å². The fourth-order valence-electron chi connectivity index (χ4n) is 3.53. The van der Waals surface area contributed by atoms with Gasteiger partial charge < -0.3 is 4.90 Å². The van der Waals surface area contributed by atoms with Crippen molar-refractivity contribution in [1.29, 1.82) is 0 Å². The van der Waals surface area contributed by atoms with Gasteiger partial charge >= 0.3 is 0 Å². The third kappa shape index (κ3) is 2.76. The van der Waals surface area contributed by atoms with Crippen molar-refractivity contribution in [3.8, 4) is 0 Å². The Morgan fingerprint density at radius 2 is 2.10 bits per heavy atom. The summed E-state index contributed by atoms with van der Waals surface area (Å²) < 4.78 is 14.0. The fourth-order valence-corrected chi connectivity index (χ4v) is 3.94. The van der Waals surface area contributed by atoms with E-state index in [0.29, 0.717) is 23.0 Å². The van der Waals surface area contributed by atoms with E-state index in [1.54, 1.807) is 11.0 Å². The molecule has 0 spiro atoms. The van der Waals surface area contributed by atoms with Crippen molar-refractivity contribution < 1.29 is 14.0 Å². The van der Waals surface area contributed by atoms with E-state index in [2.05, 4.69) is 15.9 Å². The van der Waals surface area contributed by atoms with Gasteiger partial charge in [-0.15, -0.1) is 0 Å². The predicted molar refractivity (Wildman–Crippen MR) is 80.5 cm³/mol. The highest BCUT2D eigenvalue weighted by atomic mass is 79.9. The zero-order chi connectivity index (χ0) is 15.0. The van der Waals surface area contributed by atoms with Gasteiger partial charge in [0.15, 0.2) is 0 Å². The van der Waals surface area contributed by atoms with Crippen LogP contribution in [0.1, 0.15) is 42.5 Å². The summed E-state index contributed by atoms with van der Waals surface area (Å²) in [5.41, 5.74) is 0.340. The molecule has 0 bridgehead atoms. The van der Waals surface area contributed by atoms with Crippen LogP contribution in [0.2, 0.25) is 0 Å². The van der Waals surface area contributed by atoms with E-state index in [4.69, 9.17) is 0 Å². The lowest BCUT2D eigenvalue weighted by atomic mass is 9.94. The van der Waals surface area contributed by atoms with E-state index in [0.717, 1.165) is 25.7 Å². The zero-order valence-corrected chi connectivity index (χ0v) is 13.2. The summed E-state index contributed by atoms with van der Waals surface area (Å²) in [5, 5.41) is 0. The van der Waals surface area contributed by atoms with Crippen LogP contribution in [-0.2, 0) is 4.79 Å². The largest absolute Gasteiger partial charge is 0.335 e. The predicted octanol–water partition coefficient (Wildman–Crippen LogP) is 3.56. The molecule has 1 aliphatic carbocycles. The average Bonchev–Trinajstić information content (AvgIpc) is 3.08. The monoisotopic (exact) mass is 353 g/mol. The summed E-state index contributed by atoms with van der Waals surface area (Å²) in [4.78, 5) is 26.5. The molecule has 1 saturated heterocycles. The lowest BCUT2D eigenvalue weighted by Crippen LogP contribution is -2.41. The number of Topliss-reactive ketones (excluding diaryl/α,β-unsaturated/α-hetero) is 1. The Hall–Kier alpha value is -1.23. The summed E-state index contributed by atoms with van der Waals surface area (Å²) >= 11 is 3.31. The van der Waals surface area contributed by atoms with Crippen LogP contribution in [0, 0.1) is 11.7 Å². The van der Waals surface area contributed by atoms with Gasteiger partial charge in [-0.3, -0.25) is 9.59 Å². The van der Waals surface area contributed by atoms with Crippen molar-refractivity contribution in [3.63, 3.8) is 0 Å². The molecule has 1 heterocycles. The van der Waals surface area contributed by atoms with Gasteiger partial charge in [0.05, 0.1) is 5.56 Å². The van der Waals surface area contributed by atoms with Crippen LogP contribution < -0.4 is 0 Å². The molecule has 0 aromatic heterocycles. The lowest BCUT2D eigenvalue weighted by Gasteiger charge is -2.29. The molecule has 1 saturated carbocycles. The summed E-state index contributed by atoms with van der Waals surface area (Å²) in [6, 6.07) is 4.12. The standard InChI is InChI=1S/C16H17BrFNO2/c17-13-7-6-10(18)9-12(13)16(21)19-8-2-4-14(19)11-3-1-5-15(11)20/h6-7,9,11,14H,1-5,8H2. The Bertz CT molecular complexity index is 590. The third-order valence-electron chi connectivity index (χ3n) is 4.54. The first-order valence-corrected chi connectivity index (χ1v) is 8.16. The highest BCUT2D eigenvalue weighted by Crippen LogP contribution is 2.34. The molecule has 1 amide bonds. The van der Waals surface area contributed by atoms with E-state index in [-0.39, 0.29) is 23.7 Å². The Kier molecular flexibility index (Phi) is 4.11. The van der Waals surface area contributed by atoms with Gasteiger partial charge in [0.1, 0.15) is 11.6 Å². The van der Waals surface area contributed by atoms with Crippen molar-refractivity contribution in [2.24, 2.45) is 5.92 Å². The van der Waals surface area contributed by atoms with E-state index in [9.17, 15) is 14.0 Å². The first-order valence-electron chi connectivity index (χ1n) is 7.36. The average molecular weight is 354 g/mol. The molecule has 112 valence electrons. The Morgan fingerprint density at radius 3 is 2.81 bits per heavy atom. The molecule has 2 aliphatic rings. The summed E-state index contributed by atoms with van der Waals surface area (Å²) in [6.45, 7) is 0.649.